The van der Waals surface area contributed by atoms with Gasteiger partial charge in [0.05, 0.1) is 0 Å². The molecule has 1 aliphatic rings. The fraction of sp³-hybridized carbons (Fsp3) is 0.556. The van der Waals surface area contributed by atoms with Gasteiger partial charge in [0.25, 0.3) is 0 Å². The maximum absolute atomic E-state index is 5.55. The lowest BCUT2D eigenvalue weighted by atomic mass is 10.0. The highest BCUT2D eigenvalue weighted by molar-refractivity contribution is 9.10. The summed E-state index contributed by atoms with van der Waals surface area (Å²) in [5, 5.41) is 0. The van der Waals surface area contributed by atoms with Crippen LogP contribution < -0.4 is 5.73 Å². The van der Waals surface area contributed by atoms with E-state index in [1.54, 1.807) is 0 Å². The Morgan fingerprint density at radius 3 is 3.25 bits per heavy atom. The van der Waals surface area contributed by atoms with Gasteiger partial charge in [-0.3, -0.25) is 0 Å². The third-order valence-electron chi connectivity index (χ3n) is 2.46. The van der Waals surface area contributed by atoms with E-state index < -0.39 is 0 Å². The molecule has 0 aliphatic heterocycles. The standard InChI is InChI=1S/C9H12BrNO/c10-8-5-7-2-1-6(3-4-11)9(7)12-8/h5-6H,1-4,11H2. The third-order valence-corrected chi connectivity index (χ3v) is 2.85. The van der Waals surface area contributed by atoms with Crippen LogP contribution in [-0.4, -0.2) is 6.54 Å². The number of fused-ring (bicyclic) bond motifs is 1. The molecule has 0 aromatic carbocycles. The molecule has 0 fully saturated rings. The van der Waals surface area contributed by atoms with Crippen molar-refractivity contribution in [2.24, 2.45) is 5.73 Å². The summed E-state index contributed by atoms with van der Waals surface area (Å²) in [6.07, 6.45) is 3.40. The minimum absolute atomic E-state index is 0.566. The molecule has 1 unspecified atom stereocenters. The van der Waals surface area contributed by atoms with Crippen LogP contribution in [0.1, 0.15) is 30.1 Å². The van der Waals surface area contributed by atoms with Crippen LogP contribution in [0, 0.1) is 0 Å². The van der Waals surface area contributed by atoms with E-state index in [0.717, 1.165) is 29.8 Å². The Hall–Kier alpha value is -0.280. The normalized spacial score (nSPS) is 21.3. The molecule has 1 aromatic heterocycles. The predicted molar refractivity (Wildman–Crippen MR) is 51.1 cm³/mol. The second-order valence-electron chi connectivity index (χ2n) is 3.25. The minimum atomic E-state index is 0.566. The highest BCUT2D eigenvalue weighted by atomic mass is 79.9. The van der Waals surface area contributed by atoms with E-state index in [1.165, 1.54) is 12.0 Å². The number of hydrogen-bond acceptors (Lipinski definition) is 2. The molecule has 1 heterocycles. The first-order valence-electron chi connectivity index (χ1n) is 4.29. The molecule has 1 aromatic rings. The maximum Gasteiger partial charge on any atom is 0.169 e. The van der Waals surface area contributed by atoms with Crippen LogP contribution in [0.3, 0.4) is 0 Å². The van der Waals surface area contributed by atoms with Crippen LogP contribution in [0.4, 0.5) is 0 Å². The van der Waals surface area contributed by atoms with E-state index in [4.69, 9.17) is 10.2 Å². The first-order chi connectivity index (χ1) is 5.81. The highest BCUT2D eigenvalue weighted by Gasteiger charge is 2.25. The van der Waals surface area contributed by atoms with Crippen molar-refractivity contribution in [1.29, 1.82) is 0 Å². The first kappa shape index (κ1) is 8.32. The van der Waals surface area contributed by atoms with Crippen molar-refractivity contribution in [3.8, 4) is 0 Å². The third kappa shape index (κ3) is 1.31. The smallest absolute Gasteiger partial charge is 0.169 e. The van der Waals surface area contributed by atoms with Crippen molar-refractivity contribution in [2.75, 3.05) is 6.54 Å². The highest BCUT2D eigenvalue weighted by Crippen LogP contribution is 2.38. The Morgan fingerprint density at radius 2 is 2.50 bits per heavy atom. The zero-order valence-corrected chi connectivity index (χ0v) is 8.43. The average molecular weight is 230 g/mol. The molecule has 66 valence electrons. The van der Waals surface area contributed by atoms with E-state index in [2.05, 4.69) is 22.0 Å². The second kappa shape index (κ2) is 3.23. The summed E-state index contributed by atoms with van der Waals surface area (Å²) in [7, 11) is 0. The Balaban J connectivity index is 2.22. The SMILES string of the molecule is NCCC1CCc2cc(Br)oc21. The number of aryl methyl sites for hydroxylation is 1. The van der Waals surface area contributed by atoms with Gasteiger partial charge < -0.3 is 10.2 Å². The molecular weight excluding hydrogens is 218 g/mol. The van der Waals surface area contributed by atoms with Crippen molar-refractivity contribution in [3.63, 3.8) is 0 Å². The van der Waals surface area contributed by atoms with E-state index in [9.17, 15) is 0 Å². The lowest BCUT2D eigenvalue weighted by molar-refractivity contribution is 0.440. The van der Waals surface area contributed by atoms with Crippen molar-refractivity contribution in [2.45, 2.75) is 25.2 Å². The Kier molecular flexibility index (Phi) is 2.24. The number of nitrogens with two attached hydrogens (primary N) is 1. The van der Waals surface area contributed by atoms with Crippen molar-refractivity contribution >= 4 is 15.9 Å². The molecule has 0 spiro atoms. The van der Waals surface area contributed by atoms with Gasteiger partial charge >= 0.3 is 0 Å². The Bertz CT molecular complexity index is 282. The number of halogens is 1. The molecule has 3 heteroatoms. The molecule has 0 saturated carbocycles. The van der Waals surface area contributed by atoms with Gasteiger partial charge in [0, 0.05) is 5.92 Å². The van der Waals surface area contributed by atoms with Gasteiger partial charge in [0.2, 0.25) is 0 Å². The van der Waals surface area contributed by atoms with Crippen LogP contribution in [0.5, 0.6) is 0 Å². The lowest BCUT2D eigenvalue weighted by Gasteiger charge is -2.05. The summed E-state index contributed by atoms with van der Waals surface area (Å²) in [6.45, 7) is 0.752. The molecule has 2 N–H and O–H groups in total. The van der Waals surface area contributed by atoms with Crippen molar-refractivity contribution in [1.82, 2.24) is 0 Å². The zero-order valence-electron chi connectivity index (χ0n) is 6.85. The number of rotatable bonds is 2. The van der Waals surface area contributed by atoms with Crippen LogP contribution in [0.15, 0.2) is 15.2 Å². The van der Waals surface area contributed by atoms with Gasteiger partial charge in [-0.15, -0.1) is 0 Å². The van der Waals surface area contributed by atoms with Gasteiger partial charge in [-0.25, -0.2) is 0 Å². The topological polar surface area (TPSA) is 39.2 Å². The van der Waals surface area contributed by atoms with Gasteiger partial charge in [0.15, 0.2) is 4.67 Å². The fourth-order valence-electron chi connectivity index (χ4n) is 1.89. The van der Waals surface area contributed by atoms with E-state index >= 15 is 0 Å². The fourth-order valence-corrected chi connectivity index (χ4v) is 2.34. The summed E-state index contributed by atoms with van der Waals surface area (Å²) < 4.78 is 6.41. The monoisotopic (exact) mass is 229 g/mol. The van der Waals surface area contributed by atoms with Gasteiger partial charge in [-0.05, 0) is 53.4 Å². The molecule has 0 bridgehead atoms. The molecular formula is C9H12BrNO. The average Bonchev–Trinajstić information content (AvgIpc) is 2.52. The van der Waals surface area contributed by atoms with E-state index in [1.807, 2.05) is 0 Å². The zero-order chi connectivity index (χ0) is 8.55. The summed E-state index contributed by atoms with van der Waals surface area (Å²) in [4.78, 5) is 0. The van der Waals surface area contributed by atoms with Gasteiger partial charge in [0.1, 0.15) is 5.76 Å². The van der Waals surface area contributed by atoms with Crippen LogP contribution in [0.25, 0.3) is 0 Å². The summed E-state index contributed by atoms with van der Waals surface area (Å²) in [5.74, 6) is 1.73. The maximum atomic E-state index is 5.55. The largest absolute Gasteiger partial charge is 0.454 e. The molecule has 1 aliphatic carbocycles. The molecule has 2 rings (SSSR count). The van der Waals surface area contributed by atoms with Crippen molar-refractivity contribution < 1.29 is 4.42 Å². The predicted octanol–water partition coefficient (Wildman–Crippen LogP) is 2.42. The first-order valence-corrected chi connectivity index (χ1v) is 5.08. The summed E-state index contributed by atoms with van der Waals surface area (Å²) >= 11 is 3.34. The molecule has 12 heavy (non-hydrogen) atoms. The minimum Gasteiger partial charge on any atom is -0.454 e. The second-order valence-corrected chi connectivity index (χ2v) is 4.03. The summed E-state index contributed by atoms with van der Waals surface area (Å²) in [5.41, 5.74) is 6.88. The summed E-state index contributed by atoms with van der Waals surface area (Å²) in [6, 6.07) is 2.08. The van der Waals surface area contributed by atoms with Crippen molar-refractivity contribution in [3.05, 3.63) is 22.1 Å². The van der Waals surface area contributed by atoms with E-state index in [0.29, 0.717) is 5.92 Å². The molecule has 0 radical (unpaired) electrons. The van der Waals surface area contributed by atoms with Crippen LogP contribution in [-0.2, 0) is 6.42 Å². The van der Waals surface area contributed by atoms with E-state index in [-0.39, 0.29) is 0 Å². The Labute approximate surface area is 80.3 Å². The van der Waals surface area contributed by atoms with Gasteiger partial charge in [-0.2, -0.15) is 0 Å². The molecule has 1 atom stereocenters. The quantitative estimate of drug-likeness (QED) is 0.847. The van der Waals surface area contributed by atoms with Crippen LogP contribution >= 0.6 is 15.9 Å². The van der Waals surface area contributed by atoms with Gasteiger partial charge in [-0.1, -0.05) is 0 Å². The van der Waals surface area contributed by atoms with Crippen LogP contribution in [0.2, 0.25) is 0 Å². The number of hydrogen-bond donors (Lipinski definition) is 1. The molecule has 0 amide bonds. The Morgan fingerprint density at radius 1 is 1.67 bits per heavy atom. The lowest BCUT2D eigenvalue weighted by Crippen LogP contribution is -2.04. The molecule has 0 saturated heterocycles. The molecule has 2 nitrogen and oxygen atoms in total. The number of furan rings is 1.